The standard InChI is InChI=1S/C20H21N3O5S/c1-4-27-19(25)15-12-8-6-7-9-14(12)29-18(15)23-17(24)13(10-21)11(3)16(22-23)20(26)28-5-2/h4-9H2,1-3H3. The first kappa shape index (κ1) is 20.7. The van der Waals surface area contributed by atoms with Gasteiger partial charge in [0.1, 0.15) is 16.6 Å². The van der Waals surface area contributed by atoms with Crippen LogP contribution in [0.2, 0.25) is 0 Å². The fourth-order valence-electron chi connectivity index (χ4n) is 3.38. The molecule has 0 bridgehead atoms. The van der Waals surface area contributed by atoms with Gasteiger partial charge in [0.15, 0.2) is 5.69 Å². The molecule has 152 valence electrons. The van der Waals surface area contributed by atoms with Crippen LogP contribution < -0.4 is 5.56 Å². The largest absolute Gasteiger partial charge is 0.462 e. The molecule has 0 N–H and O–H groups in total. The minimum absolute atomic E-state index is 0.121. The third-order valence-electron chi connectivity index (χ3n) is 4.74. The van der Waals surface area contributed by atoms with E-state index in [2.05, 4.69) is 5.10 Å². The van der Waals surface area contributed by atoms with E-state index in [9.17, 15) is 19.6 Å². The molecule has 2 aromatic heterocycles. The van der Waals surface area contributed by atoms with Crippen LogP contribution in [0.15, 0.2) is 4.79 Å². The van der Waals surface area contributed by atoms with Crippen molar-refractivity contribution in [1.29, 1.82) is 5.26 Å². The first-order chi connectivity index (χ1) is 13.9. The Morgan fingerprint density at radius 3 is 2.48 bits per heavy atom. The molecule has 29 heavy (non-hydrogen) atoms. The summed E-state index contributed by atoms with van der Waals surface area (Å²) < 4.78 is 11.2. The molecule has 0 saturated carbocycles. The van der Waals surface area contributed by atoms with Crippen LogP contribution in [0.25, 0.3) is 5.00 Å². The van der Waals surface area contributed by atoms with E-state index in [0.717, 1.165) is 34.4 Å². The van der Waals surface area contributed by atoms with Crippen molar-refractivity contribution in [2.24, 2.45) is 0 Å². The zero-order valence-corrected chi connectivity index (χ0v) is 17.4. The number of hydrogen-bond donors (Lipinski definition) is 0. The molecule has 0 radical (unpaired) electrons. The van der Waals surface area contributed by atoms with Gasteiger partial charge in [0.05, 0.1) is 18.8 Å². The third-order valence-corrected chi connectivity index (χ3v) is 6.01. The number of nitrogens with zero attached hydrogens (tertiary/aromatic N) is 3. The molecule has 0 saturated heterocycles. The van der Waals surface area contributed by atoms with Crippen LogP contribution in [0.1, 0.15) is 69.1 Å². The molecule has 1 aliphatic rings. The van der Waals surface area contributed by atoms with E-state index in [1.54, 1.807) is 13.8 Å². The number of hydrogen-bond acceptors (Lipinski definition) is 8. The lowest BCUT2D eigenvalue weighted by molar-refractivity contribution is 0.0512. The van der Waals surface area contributed by atoms with Crippen molar-refractivity contribution in [3.8, 4) is 11.1 Å². The Bertz CT molecular complexity index is 1080. The third kappa shape index (κ3) is 3.68. The smallest absolute Gasteiger partial charge is 0.359 e. The average Bonchev–Trinajstić information content (AvgIpc) is 3.08. The molecule has 2 aromatic rings. The monoisotopic (exact) mass is 415 g/mol. The van der Waals surface area contributed by atoms with Gasteiger partial charge in [-0.3, -0.25) is 4.79 Å². The van der Waals surface area contributed by atoms with Gasteiger partial charge in [-0.2, -0.15) is 15.0 Å². The van der Waals surface area contributed by atoms with Gasteiger partial charge in [-0.25, -0.2) is 9.59 Å². The predicted molar refractivity (Wildman–Crippen MR) is 106 cm³/mol. The van der Waals surface area contributed by atoms with E-state index in [-0.39, 0.29) is 35.0 Å². The van der Waals surface area contributed by atoms with Crippen molar-refractivity contribution in [3.63, 3.8) is 0 Å². The maximum absolute atomic E-state index is 13.0. The highest BCUT2D eigenvalue weighted by molar-refractivity contribution is 7.15. The Labute approximate surface area is 171 Å². The normalized spacial score (nSPS) is 12.8. The summed E-state index contributed by atoms with van der Waals surface area (Å²) in [7, 11) is 0. The number of ether oxygens (including phenoxy) is 2. The molecule has 0 amide bonds. The van der Waals surface area contributed by atoms with E-state index >= 15 is 0 Å². The zero-order chi connectivity index (χ0) is 21.1. The van der Waals surface area contributed by atoms with Gasteiger partial charge in [0, 0.05) is 10.4 Å². The van der Waals surface area contributed by atoms with E-state index in [1.807, 2.05) is 6.07 Å². The molecule has 9 heteroatoms. The highest BCUT2D eigenvalue weighted by Gasteiger charge is 2.30. The minimum atomic E-state index is -0.728. The molecular weight excluding hydrogens is 394 g/mol. The van der Waals surface area contributed by atoms with Crippen LogP contribution >= 0.6 is 11.3 Å². The second kappa shape index (κ2) is 8.57. The lowest BCUT2D eigenvalue weighted by Gasteiger charge is -2.13. The summed E-state index contributed by atoms with van der Waals surface area (Å²) in [5, 5.41) is 14.0. The number of aromatic nitrogens is 2. The molecule has 0 spiro atoms. The van der Waals surface area contributed by atoms with E-state index in [4.69, 9.17) is 9.47 Å². The Balaban J connectivity index is 2.31. The predicted octanol–water partition coefficient (Wildman–Crippen LogP) is 2.71. The topological polar surface area (TPSA) is 111 Å². The van der Waals surface area contributed by atoms with Crippen LogP contribution in [0.5, 0.6) is 0 Å². The molecule has 0 fully saturated rings. The molecular formula is C20H21N3O5S. The first-order valence-corrected chi connectivity index (χ1v) is 10.3. The molecule has 0 aliphatic heterocycles. The Hall–Kier alpha value is -2.99. The minimum Gasteiger partial charge on any atom is -0.462 e. The van der Waals surface area contributed by atoms with Crippen molar-refractivity contribution in [2.45, 2.75) is 46.5 Å². The fraction of sp³-hybridized carbons (Fsp3) is 0.450. The number of nitriles is 1. The molecule has 0 aromatic carbocycles. The van der Waals surface area contributed by atoms with Gasteiger partial charge in [-0.1, -0.05) is 0 Å². The molecule has 8 nitrogen and oxygen atoms in total. The first-order valence-electron chi connectivity index (χ1n) is 9.47. The van der Waals surface area contributed by atoms with Crippen LogP contribution in [-0.4, -0.2) is 34.9 Å². The van der Waals surface area contributed by atoms with E-state index in [1.165, 1.54) is 18.3 Å². The lowest BCUT2D eigenvalue weighted by atomic mass is 9.95. The Morgan fingerprint density at radius 1 is 1.17 bits per heavy atom. The van der Waals surface area contributed by atoms with Crippen molar-refractivity contribution in [2.75, 3.05) is 13.2 Å². The Morgan fingerprint density at radius 2 is 1.83 bits per heavy atom. The average molecular weight is 415 g/mol. The number of rotatable bonds is 5. The maximum atomic E-state index is 13.0. The number of thiophene rings is 1. The summed E-state index contributed by atoms with van der Waals surface area (Å²) >= 11 is 1.28. The van der Waals surface area contributed by atoms with Gasteiger partial charge in [-0.15, -0.1) is 11.3 Å². The van der Waals surface area contributed by atoms with E-state index in [0.29, 0.717) is 12.0 Å². The fourth-order valence-corrected chi connectivity index (χ4v) is 4.71. The van der Waals surface area contributed by atoms with Gasteiger partial charge in [-0.05, 0) is 52.0 Å². The van der Waals surface area contributed by atoms with E-state index < -0.39 is 17.5 Å². The van der Waals surface area contributed by atoms with Crippen LogP contribution in [0, 0.1) is 18.3 Å². The van der Waals surface area contributed by atoms with Gasteiger partial charge in [0.2, 0.25) is 0 Å². The molecule has 0 atom stereocenters. The molecule has 3 rings (SSSR count). The van der Waals surface area contributed by atoms with Crippen molar-refractivity contribution >= 4 is 23.3 Å². The van der Waals surface area contributed by atoms with Crippen molar-refractivity contribution in [1.82, 2.24) is 9.78 Å². The lowest BCUT2D eigenvalue weighted by Crippen LogP contribution is -2.29. The van der Waals surface area contributed by atoms with Crippen molar-refractivity contribution in [3.05, 3.63) is 43.2 Å². The zero-order valence-electron chi connectivity index (χ0n) is 16.5. The number of aryl methyl sites for hydroxylation is 1. The summed E-state index contributed by atoms with van der Waals surface area (Å²) in [4.78, 5) is 39.0. The number of carbonyl (C=O) groups excluding carboxylic acids is 2. The second-order valence-corrected chi connectivity index (χ2v) is 7.59. The van der Waals surface area contributed by atoms with Crippen LogP contribution in [-0.2, 0) is 22.3 Å². The molecule has 0 unspecified atom stereocenters. The SMILES string of the molecule is CCOC(=O)c1nn(-c2sc3c(c2C(=O)OCC)CCCC3)c(=O)c(C#N)c1C. The maximum Gasteiger partial charge on any atom is 0.359 e. The van der Waals surface area contributed by atoms with Gasteiger partial charge >= 0.3 is 11.9 Å². The van der Waals surface area contributed by atoms with Crippen LogP contribution in [0.3, 0.4) is 0 Å². The highest BCUT2D eigenvalue weighted by Crippen LogP contribution is 2.36. The summed E-state index contributed by atoms with van der Waals surface area (Å²) in [5.41, 5.74) is 0.311. The summed E-state index contributed by atoms with van der Waals surface area (Å²) in [6.45, 7) is 5.16. The quantitative estimate of drug-likeness (QED) is 0.690. The van der Waals surface area contributed by atoms with Gasteiger partial charge < -0.3 is 9.47 Å². The number of carbonyl (C=O) groups is 2. The molecule has 1 aliphatic carbocycles. The molecule has 2 heterocycles. The summed E-state index contributed by atoms with van der Waals surface area (Å²) in [5.74, 6) is -1.26. The summed E-state index contributed by atoms with van der Waals surface area (Å²) in [6, 6.07) is 1.85. The number of fused-ring (bicyclic) bond motifs is 1. The number of esters is 2. The Kier molecular flexibility index (Phi) is 6.13. The second-order valence-electron chi connectivity index (χ2n) is 6.51. The highest BCUT2D eigenvalue weighted by atomic mass is 32.1. The summed E-state index contributed by atoms with van der Waals surface area (Å²) in [6.07, 6.45) is 3.42. The van der Waals surface area contributed by atoms with Gasteiger partial charge in [0.25, 0.3) is 5.56 Å². The van der Waals surface area contributed by atoms with Crippen LogP contribution in [0.4, 0.5) is 0 Å². The van der Waals surface area contributed by atoms with Crippen molar-refractivity contribution < 1.29 is 19.1 Å².